The predicted molar refractivity (Wildman–Crippen MR) is 67.3 cm³/mol. The summed E-state index contributed by atoms with van der Waals surface area (Å²) in [6, 6.07) is 1.85. The summed E-state index contributed by atoms with van der Waals surface area (Å²) in [5, 5.41) is 6.02. The van der Waals surface area contributed by atoms with Crippen molar-refractivity contribution in [2.75, 3.05) is 5.73 Å². The smallest absolute Gasteiger partial charge is 0.270 e. The van der Waals surface area contributed by atoms with Crippen molar-refractivity contribution in [2.24, 2.45) is 0 Å². The topological polar surface area (TPSA) is 74.2 Å². The minimum absolute atomic E-state index is 0.279. The zero-order valence-electron chi connectivity index (χ0n) is 9.70. The zero-order chi connectivity index (χ0) is 12.1. The molecule has 94 valence electrons. The fourth-order valence-corrected chi connectivity index (χ4v) is 3.62. The number of hydrogen-bond donors (Lipinski definition) is 1. The van der Waals surface area contributed by atoms with E-state index >= 15 is 0 Å². The van der Waals surface area contributed by atoms with Gasteiger partial charge in [0.1, 0.15) is 4.88 Å². The van der Waals surface area contributed by atoms with Crippen LogP contribution in [0.3, 0.4) is 0 Å². The van der Waals surface area contributed by atoms with Crippen molar-refractivity contribution in [2.45, 2.75) is 37.4 Å². The zero-order valence-corrected chi connectivity index (χ0v) is 10.5. The summed E-state index contributed by atoms with van der Waals surface area (Å²) in [7, 11) is 0. The molecular weight excluding hydrogens is 250 g/mol. The molecule has 2 bridgehead atoms. The molecule has 6 heteroatoms. The number of hydrogen-bond acceptors (Lipinski definition) is 6. The number of fused-ring (bicyclic) bond motifs is 2. The Morgan fingerprint density at radius 1 is 1.39 bits per heavy atom. The molecular formula is C12H13N3O2S. The van der Waals surface area contributed by atoms with Crippen molar-refractivity contribution in [3.05, 3.63) is 17.3 Å². The van der Waals surface area contributed by atoms with Gasteiger partial charge in [-0.15, -0.1) is 11.3 Å². The van der Waals surface area contributed by atoms with Gasteiger partial charge in [0.25, 0.3) is 5.89 Å². The van der Waals surface area contributed by atoms with Gasteiger partial charge in [0.05, 0.1) is 23.8 Å². The van der Waals surface area contributed by atoms with Crippen LogP contribution >= 0.6 is 11.3 Å². The van der Waals surface area contributed by atoms with Crippen LogP contribution < -0.4 is 5.73 Å². The van der Waals surface area contributed by atoms with Crippen molar-refractivity contribution in [3.63, 3.8) is 0 Å². The highest BCUT2D eigenvalue weighted by atomic mass is 32.1. The van der Waals surface area contributed by atoms with Crippen LogP contribution in [-0.4, -0.2) is 22.3 Å². The van der Waals surface area contributed by atoms with E-state index in [1.54, 1.807) is 0 Å². The second-order valence-electron chi connectivity index (χ2n) is 4.88. The van der Waals surface area contributed by atoms with Crippen LogP contribution in [0.15, 0.2) is 16.0 Å². The van der Waals surface area contributed by atoms with E-state index in [0.29, 0.717) is 23.6 Å². The highest BCUT2D eigenvalue weighted by molar-refractivity contribution is 7.14. The lowest BCUT2D eigenvalue weighted by atomic mass is 9.89. The molecule has 0 spiro atoms. The van der Waals surface area contributed by atoms with Gasteiger partial charge in [-0.25, -0.2) is 0 Å². The van der Waals surface area contributed by atoms with E-state index < -0.39 is 0 Å². The average Bonchev–Trinajstić information content (AvgIpc) is 3.12. The summed E-state index contributed by atoms with van der Waals surface area (Å²) in [5.41, 5.74) is 6.55. The van der Waals surface area contributed by atoms with E-state index in [1.807, 2.05) is 11.4 Å². The van der Waals surface area contributed by atoms with Gasteiger partial charge in [0.2, 0.25) is 0 Å². The maximum Gasteiger partial charge on any atom is 0.270 e. The lowest BCUT2D eigenvalue weighted by Crippen LogP contribution is -2.15. The van der Waals surface area contributed by atoms with Crippen molar-refractivity contribution in [1.82, 2.24) is 10.1 Å². The monoisotopic (exact) mass is 263 g/mol. The van der Waals surface area contributed by atoms with Gasteiger partial charge in [0.15, 0.2) is 5.82 Å². The molecule has 2 fully saturated rings. The van der Waals surface area contributed by atoms with E-state index in [0.717, 1.165) is 23.5 Å². The van der Waals surface area contributed by atoms with Crippen molar-refractivity contribution in [1.29, 1.82) is 0 Å². The first-order chi connectivity index (χ1) is 8.81. The van der Waals surface area contributed by atoms with Crippen molar-refractivity contribution >= 4 is 17.0 Å². The number of nitrogens with zero attached hydrogens (tertiary/aromatic N) is 2. The standard InChI is InChI=1S/C12H13N3O2S/c13-8-3-4-18-10(8)12-14-11(15-17-12)7-5-6-1-2-9(7)16-6/h3-4,6-7,9H,1-2,5,13H2. The number of thiophene rings is 1. The summed E-state index contributed by atoms with van der Waals surface area (Å²) < 4.78 is 11.1. The van der Waals surface area contributed by atoms with E-state index in [4.69, 9.17) is 15.0 Å². The molecule has 2 aromatic heterocycles. The largest absolute Gasteiger partial charge is 0.397 e. The molecule has 3 unspecified atom stereocenters. The van der Waals surface area contributed by atoms with Crippen molar-refractivity contribution < 1.29 is 9.26 Å². The third-order valence-corrected chi connectivity index (χ3v) is 4.69. The van der Waals surface area contributed by atoms with E-state index in [2.05, 4.69) is 10.1 Å². The minimum atomic E-state index is 0.279. The Bertz CT molecular complexity index is 579. The first-order valence-corrected chi connectivity index (χ1v) is 7.01. The Hall–Kier alpha value is -1.40. The number of rotatable bonds is 2. The molecule has 0 aliphatic carbocycles. The molecule has 2 aliphatic heterocycles. The summed E-state index contributed by atoms with van der Waals surface area (Å²) >= 11 is 1.52. The molecule has 5 nitrogen and oxygen atoms in total. The van der Waals surface area contributed by atoms with Crippen LogP contribution in [0.5, 0.6) is 0 Å². The SMILES string of the molecule is Nc1ccsc1-c1nc(C2CC3CCC2O3)no1. The maximum atomic E-state index is 5.85. The maximum absolute atomic E-state index is 5.85. The summed E-state index contributed by atoms with van der Waals surface area (Å²) in [5.74, 6) is 1.59. The van der Waals surface area contributed by atoms with Crippen LogP contribution in [0.4, 0.5) is 5.69 Å². The molecule has 2 aromatic rings. The number of nitrogens with two attached hydrogens (primary N) is 1. The fourth-order valence-electron chi connectivity index (χ4n) is 2.88. The number of nitrogen functional groups attached to an aromatic ring is 1. The van der Waals surface area contributed by atoms with E-state index in [1.165, 1.54) is 17.8 Å². The minimum Gasteiger partial charge on any atom is -0.397 e. The number of aromatic nitrogens is 2. The summed E-state index contributed by atoms with van der Waals surface area (Å²) in [4.78, 5) is 5.35. The third-order valence-electron chi connectivity index (χ3n) is 3.77. The molecule has 0 saturated carbocycles. The Morgan fingerprint density at radius 2 is 2.33 bits per heavy atom. The normalized spacial score (nSPS) is 30.1. The van der Waals surface area contributed by atoms with Gasteiger partial charge in [-0.3, -0.25) is 0 Å². The van der Waals surface area contributed by atoms with Gasteiger partial charge in [-0.2, -0.15) is 4.98 Å². The Kier molecular flexibility index (Phi) is 2.22. The first-order valence-electron chi connectivity index (χ1n) is 6.13. The molecule has 4 heterocycles. The quantitative estimate of drug-likeness (QED) is 0.900. The van der Waals surface area contributed by atoms with Crippen LogP contribution in [0.1, 0.15) is 31.0 Å². The van der Waals surface area contributed by atoms with E-state index in [9.17, 15) is 0 Å². The highest BCUT2D eigenvalue weighted by Gasteiger charge is 2.43. The molecule has 2 N–H and O–H groups in total. The Labute approximate surface area is 108 Å². The second kappa shape index (κ2) is 3.80. The average molecular weight is 263 g/mol. The molecule has 4 rings (SSSR count). The lowest BCUT2D eigenvalue weighted by molar-refractivity contribution is 0.0996. The van der Waals surface area contributed by atoms with Gasteiger partial charge < -0.3 is 15.0 Å². The first kappa shape index (κ1) is 10.5. The van der Waals surface area contributed by atoms with Gasteiger partial charge >= 0.3 is 0 Å². The number of ether oxygens (including phenoxy) is 1. The lowest BCUT2D eigenvalue weighted by Gasteiger charge is -2.13. The second-order valence-corrected chi connectivity index (χ2v) is 5.80. The third kappa shape index (κ3) is 1.49. The summed E-state index contributed by atoms with van der Waals surface area (Å²) in [6.07, 6.45) is 3.98. The number of anilines is 1. The molecule has 0 radical (unpaired) electrons. The van der Waals surface area contributed by atoms with E-state index in [-0.39, 0.29) is 6.10 Å². The van der Waals surface area contributed by atoms with Crippen molar-refractivity contribution in [3.8, 4) is 10.8 Å². The van der Waals surface area contributed by atoms with Gasteiger partial charge in [0, 0.05) is 0 Å². The molecule has 0 amide bonds. The molecule has 3 atom stereocenters. The Balaban J connectivity index is 1.65. The van der Waals surface area contributed by atoms with Crippen LogP contribution in [0.25, 0.3) is 10.8 Å². The summed E-state index contributed by atoms with van der Waals surface area (Å²) in [6.45, 7) is 0. The predicted octanol–water partition coefficient (Wildman–Crippen LogP) is 2.42. The highest BCUT2D eigenvalue weighted by Crippen LogP contribution is 2.44. The molecule has 18 heavy (non-hydrogen) atoms. The van der Waals surface area contributed by atoms with Crippen LogP contribution in [-0.2, 0) is 4.74 Å². The van der Waals surface area contributed by atoms with Gasteiger partial charge in [-0.1, -0.05) is 5.16 Å². The Morgan fingerprint density at radius 3 is 3.00 bits per heavy atom. The fraction of sp³-hybridized carbons (Fsp3) is 0.500. The van der Waals surface area contributed by atoms with Crippen LogP contribution in [0, 0.1) is 0 Å². The van der Waals surface area contributed by atoms with Gasteiger partial charge in [-0.05, 0) is 30.7 Å². The van der Waals surface area contributed by atoms with Crippen LogP contribution in [0.2, 0.25) is 0 Å². The molecule has 2 aliphatic rings. The molecule has 2 saturated heterocycles. The molecule has 0 aromatic carbocycles.